The molecule has 1 aliphatic carbocycles. The zero-order chi connectivity index (χ0) is 22.6. The number of pyridine rings is 2. The molecule has 1 aliphatic rings. The second-order valence-electron chi connectivity index (χ2n) is 8.46. The summed E-state index contributed by atoms with van der Waals surface area (Å²) in [6.45, 7) is 3.55. The number of fused-ring (bicyclic) bond motifs is 1. The highest BCUT2D eigenvalue weighted by Crippen LogP contribution is 2.29. The van der Waals surface area contributed by atoms with Crippen molar-refractivity contribution < 1.29 is 14.3 Å². The highest BCUT2D eigenvalue weighted by atomic mass is 16.5. The van der Waals surface area contributed by atoms with Gasteiger partial charge in [-0.15, -0.1) is 0 Å². The molecular weight excluding hydrogens is 416 g/mol. The minimum Gasteiger partial charge on any atom is -0.487 e. The number of ether oxygens (including phenoxy) is 2. The van der Waals surface area contributed by atoms with Gasteiger partial charge in [-0.25, -0.2) is 9.97 Å². The van der Waals surface area contributed by atoms with Crippen molar-refractivity contribution in [1.29, 1.82) is 0 Å². The van der Waals surface area contributed by atoms with Gasteiger partial charge in [-0.2, -0.15) is 0 Å². The summed E-state index contributed by atoms with van der Waals surface area (Å²) < 4.78 is 13.5. The van der Waals surface area contributed by atoms with E-state index in [0.29, 0.717) is 36.3 Å². The molecule has 4 aromatic rings. The number of nitrogens with zero attached hydrogens (tertiary/aromatic N) is 3. The Morgan fingerprint density at radius 1 is 1.06 bits per heavy atom. The third-order valence-corrected chi connectivity index (χ3v) is 5.57. The van der Waals surface area contributed by atoms with Crippen LogP contribution in [0.4, 0.5) is 0 Å². The van der Waals surface area contributed by atoms with Crippen LogP contribution in [0.3, 0.4) is 0 Å². The highest BCUT2D eigenvalue weighted by Gasteiger charge is 2.22. The lowest BCUT2D eigenvalue weighted by molar-refractivity contribution is 0.0951. The van der Waals surface area contributed by atoms with Crippen molar-refractivity contribution in [2.45, 2.75) is 32.9 Å². The Hall–Kier alpha value is -3.87. The number of rotatable bonds is 9. The van der Waals surface area contributed by atoms with Gasteiger partial charge in [-0.1, -0.05) is 12.1 Å². The predicted molar refractivity (Wildman–Crippen MR) is 124 cm³/mol. The molecule has 1 saturated carbocycles. The van der Waals surface area contributed by atoms with Crippen molar-refractivity contribution >= 4 is 11.6 Å². The summed E-state index contributed by atoms with van der Waals surface area (Å²) in [7, 11) is 0. The van der Waals surface area contributed by atoms with Crippen LogP contribution >= 0.6 is 0 Å². The van der Waals surface area contributed by atoms with E-state index in [-0.39, 0.29) is 5.91 Å². The van der Waals surface area contributed by atoms with Gasteiger partial charge in [-0.05, 0) is 67.1 Å². The standard InChI is InChI=1S/C26H26N4O3/c1-18-2-10-24-29-22(15-30(24)14-18)17-32-23-8-6-21(7-9-23)26(31)28-13-20-5-11-25(27-12-20)33-16-19-3-4-19/h2,5-12,14-15,19H,3-4,13,16-17H2,1H3,(H,28,31). The fourth-order valence-electron chi connectivity index (χ4n) is 3.46. The molecule has 0 saturated heterocycles. The zero-order valence-electron chi connectivity index (χ0n) is 18.5. The maximum atomic E-state index is 12.5. The number of carbonyl (C=O) groups excluding carboxylic acids is 1. The first-order valence-electron chi connectivity index (χ1n) is 11.2. The summed E-state index contributed by atoms with van der Waals surface area (Å²) in [5.74, 6) is 1.86. The van der Waals surface area contributed by atoms with Crippen molar-refractivity contribution in [2.24, 2.45) is 5.92 Å². The number of carbonyl (C=O) groups is 1. The first kappa shape index (κ1) is 21.0. The maximum Gasteiger partial charge on any atom is 0.251 e. The second kappa shape index (κ2) is 9.32. The van der Waals surface area contributed by atoms with Crippen LogP contribution in [0.25, 0.3) is 5.65 Å². The van der Waals surface area contributed by atoms with Crippen molar-refractivity contribution in [3.05, 3.63) is 89.5 Å². The van der Waals surface area contributed by atoms with Gasteiger partial charge in [0.2, 0.25) is 5.88 Å². The van der Waals surface area contributed by atoms with E-state index in [1.54, 1.807) is 30.5 Å². The number of amides is 1. The monoisotopic (exact) mass is 442 g/mol. The molecule has 168 valence electrons. The Labute approximate surface area is 192 Å². The van der Waals surface area contributed by atoms with Crippen LogP contribution in [0, 0.1) is 12.8 Å². The molecule has 0 aliphatic heterocycles. The van der Waals surface area contributed by atoms with Gasteiger partial charge in [0.15, 0.2) is 0 Å². The molecule has 0 bridgehead atoms. The molecular formula is C26H26N4O3. The Kier molecular flexibility index (Phi) is 5.93. The molecule has 5 rings (SSSR count). The number of imidazole rings is 1. The Morgan fingerprint density at radius 3 is 2.67 bits per heavy atom. The maximum absolute atomic E-state index is 12.5. The molecule has 1 amide bonds. The summed E-state index contributed by atoms with van der Waals surface area (Å²) >= 11 is 0. The van der Waals surface area contributed by atoms with E-state index >= 15 is 0 Å². The van der Waals surface area contributed by atoms with Crippen LogP contribution in [0.5, 0.6) is 11.6 Å². The molecule has 7 nitrogen and oxygen atoms in total. The number of aromatic nitrogens is 3. The lowest BCUT2D eigenvalue weighted by Crippen LogP contribution is -2.22. The van der Waals surface area contributed by atoms with E-state index < -0.39 is 0 Å². The molecule has 3 heterocycles. The topological polar surface area (TPSA) is 77.8 Å². The van der Waals surface area contributed by atoms with Crippen molar-refractivity contribution in [2.75, 3.05) is 6.61 Å². The molecule has 3 aromatic heterocycles. The number of hydrogen-bond acceptors (Lipinski definition) is 5. The quantitative estimate of drug-likeness (QED) is 0.417. The van der Waals surface area contributed by atoms with Gasteiger partial charge in [0.25, 0.3) is 5.91 Å². The number of nitrogens with one attached hydrogen (secondary N) is 1. The normalized spacial score (nSPS) is 13.1. The Balaban J connectivity index is 1.10. The molecule has 0 atom stereocenters. The van der Waals surface area contributed by atoms with Crippen LogP contribution in [0.1, 0.15) is 40.0 Å². The molecule has 0 unspecified atom stereocenters. The van der Waals surface area contributed by atoms with Gasteiger partial charge in [-0.3, -0.25) is 4.79 Å². The zero-order valence-corrected chi connectivity index (χ0v) is 18.5. The van der Waals surface area contributed by atoms with Crippen LogP contribution < -0.4 is 14.8 Å². The summed E-state index contributed by atoms with van der Waals surface area (Å²) in [5, 5.41) is 2.92. The highest BCUT2D eigenvalue weighted by molar-refractivity contribution is 5.94. The smallest absolute Gasteiger partial charge is 0.251 e. The fourth-order valence-corrected chi connectivity index (χ4v) is 3.46. The Morgan fingerprint density at radius 2 is 1.91 bits per heavy atom. The number of aryl methyl sites for hydroxylation is 1. The SMILES string of the molecule is Cc1ccc2nc(COc3ccc(C(=O)NCc4ccc(OCC5CC5)nc4)cc3)cn2c1. The Bertz CT molecular complexity index is 1250. The molecule has 1 N–H and O–H groups in total. The van der Waals surface area contributed by atoms with E-state index in [1.165, 1.54) is 18.4 Å². The minimum absolute atomic E-state index is 0.147. The van der Waals surface area contributed by atoms with Crippen LogP contribution in [-0.2, 0) is 13.2 Å². The predicted octanol–water partition coefficient (Wildman–Crippen LogP) is 4.34. The first-order chi connectivity index (χ1) is 16.1. The van der Waals surface area contributed by atoms with Gasteiger partial charge in [0.1, 0.15) is 18.0 Å². The lowest BCUT2D eigenvalue weighted by Gasteiger charge is -2.08. The van der Waals surface area contributed by atoms with Gasteiger partial charge >= 0.3 is 0 Å². The number of hydrogen-bond donors (Lipinski definition) is 1. The molecule has 1 aromatic carbocycles. The molecule has 0 radical (unpaired) electrons. The number of benzene rings is 1. The van der Waals surface area contributed by atoms with Crippen molar-refractivity contribution in [3.8, 4) is 11.6 Å². The minimum atomic E-state index is -0.147. The first-order valence-corrected chi connectivity index (χ1v) is 11.2. The van der Waals surface area contributed by atoms with Crippen LogP contribution in [0.15, 0.2) is 67.1 Å². The van der Waals surface area contributed by atoms with Gasteiger partial charge in [0.05, 0.1) is 12.3 Å². The van der Waals surface area contributed by atoms with Crippen molar-refractivity contribution in [1.82, 2.24) is 19.7 Å². The molecule has 7 heteroatoms. The molecule has 33 heavy (non-hydrogen) atoms. The van der Waals surface area contributed by atoms with E-state index in [2.05, 4.69) is 15.3 Å². The average Bonchev–Trinajstić information content (AvgIpc) is 3.58. The van der Waals surface area contributed by atoms with Gasteiger partial charge in [0, 0.05) is 36.8 Å². The molecule has 1 fully saturated rings. The van der Waals surface area contributed by atoms with E-state index in [4.69, 9.17) is 9.47 Å². The summed E-state index contributed by atoms with van der Waals surface area (Å²) in [6.07, 6.45) is 8.23. The van der Waals surface area contributed by atoms with E-state index in [9.17, 15) is 4.79 Å². The largest absolute Gasteiger partial charge is 0.487 e. The second-order valence-corrected chi connectivity index (χ2v) is 8.46. The van der Waals surface area contributed by atoms with Gasteiger partial charge < -0.3 is 19.2 Å². The van der Waals surface area contributed by atoms with E-state index in [0.717, 1.165) is 23.5 Å². The summed E-state index contributed by atoms with van der Waals surface area (Å²) in [5.41, 5.74) is 4.40. The third-order valence-electron chi connectivity index (χ3n) is 5.57. The third kappa shape index (κ3) is 5.49. The summed E-state index contributed by atoms with van der Waals surface area (Å²) in [6, 6.07) is 14.9. The fraction of sp³-hybridized carbons (Fsp3) is 0.269. The van der Waals surface area contributed by atoms with Crippen LogP contribution in [0.2, 0.25) is 0 Å². The lowest BCUT2D eigenvalue weighted by atomic mass is 10.2. The summed E-state index contributed by atoms with van der Waals surface area (Å²) in [4.78, 5) is 21.3. The van der Waals surface area contributed by atoms with Crippen molar-refractivity contribution in [3.63, 3.8) is 0 Å². The van der Waals surface area contributed by atoms with E-state index in [1.807, 2.05) is 48.0 Å². The average molecular weight is 443 g/mol. The van der Waals surface area contributed by atoms with Crippen LogP contribution in [-0.4, -0.2) is 26.9 Å². The molecule has 0 spiro atoms.